The van der Waals surface area contributed by atoms with E-state index in [0.29, 0.717) is 0 Å². The van der Waals surface area contributed by atoms with Crippen molar-refractivity contribution in [3.05, 3.63) is 24.0 Å². The number of nitrogens with zero attached hydrogens (tertiary/aromatic N) is 1. The molecule has 0 bridgehead atoms. The van der Waals surface area contributed by atoms with Crippen LogP contribution in [0.15, 0.2) is 18.3 Å². The summed E-state index contributed by atoms with van der Waals surface area (Å²) in [6, 6.07) is 2.97. The van der Waals surface area contributed by atoms with E-state index in [1.807, 2.05) is 0 Å². The summed E-state index contributed by atoms with van der Waals surface area (Å²) in [7, 11) is -3.55. The maximum Gasteiger partial charge on any atom is 0.415 e. The molecule has 0 aliphatic carbocycles. The van der Waals surface area contributed by atoms with Gasteiger partial charge in [0.25, 0.3) is 10.1 Å². The number of carboxylic acid groups (broad SMARTS) is 1. The Hall–Kier alpha value is -1.34. The third kappa shape index (κ3) is 2.86. The first-order valence-corrected chi connectivity index (χ1v) is 5.46. The van der Waals surface area contributed by atoms with Crippen LogP contribution in [0.1, 0.15) is 5.69 Å². The van der Waals surface area contributed by atoms with Gasteiger partial charge in [0.05, 0.1) is 11.9 Å². The summed E-state index contributed by atoms with van der Waals surface area (Å²) < 4.78 is 26.6. The highest BCUT2D eigenvalue weighted by Crippen LogP contribution is 2.05. The smallest absolute Gasteiger partial charge is 0.415 e. The Labute approximate surface area is 80.8 Å². The van der Waals surface area contributed by atoms with E-state index in [1.165, 1.54) is 18.3 Å². The Morgan fingerprint density at radius 1 is 1.64 bits per heavy atom. The number of carbonyl (C=O) groups is 1. The molecule has 14 heavy (non-hydrogen) atoms. The predicted octanol–water partition coefficient (Wildman–Crippen LogP) is 0.490. The van der Waals surface area contributed by atoms with Gasteiger partial charge in [-0.05, 0) is 12.1 Å². The topological polar surface area (TPSA) is 85.6 Å². The molecule has 78 valence electrons. The molecule has 7 heteroatoms. The Bertz CT molecular complexity index is 433. The van der Waals surface area contributed by atoms with Gasteiger partial charge in [-0.15, -0.1) is 0 Å². The zero-order valence-electron chi connectivity index (χ0n) is 7.37. The number of hydrogen-bond donors (Lipinski definition) is 1. The molecule has 0 amide bonds. The van der Waals surface area contributed by atoms with Crippen LogP contribution in [0, 0.1) is 0 Å². The van der Waals surface area contributed by atoms with Crippen molar-refractivity contribution in [2.75, 3.05) is 6.26 Å². The van der Waals surface area contributed by atoms with Gasteiger partial charge in [0.2, 0.25) is 0 Å². The van der Waals surface area contributed by atoms with Gasteiger partial charge in [0, 0.05) is 6.20 Å². The summed E-state index contributed by atoms with van der Waals surface area (Å²) >= 11 is 0. The van der Waals surface area contributed by atoms with Crippen molar-refractivity contribution in [1.82, 2.24) is 4.57 Å². The SMILES string of the molecule is CS(=O)(=O)OCc1cccn1C(=O)O. The summed E-state index contributed by atoms with van der Waals surface area (Å²) in [5.41, 5.74) is 0.267. The fraction of sp³-hybridized carbons (Fsp3) is 0.286. The number of aromatic nitrogens is 1. The van der Waals surface area contributed by atoms with Crippen LogP contribution in [-0.4, -0.2) is 30.4 Å². The second kappa shape index (κ2) is 3.81. The molecule has 0 saturated heterocycles. The van der Waals surface area contributed by atoms with Gasteiger partial charge in [0.1, 0.15) is 6.61 Å². The van der Waals surface area contributed by atoms with Crippen molar-refractivity contribution in [3.63, 3.8) is 0 Å². The van der Waals surface area contributed by atoms with Crippen molar-refractivity contribution in [1.29, 1.82) is 0 Å². The molecule has 0 radical (unpaired) electrons. The van der Waals surface area contributed by atoms with Crippen LogP contribution in [0.3, 0.4) is 0 Å². The Kier molecular flexibility index (Phi) is 2.92. The minimum absolute atomic E-state index is 0.267. The lowest BCUT2D eigenvalue weighted by Crippen LogP contribution is -2.12. The molecule has 0 fully saturated rings. The van der Waals surface area contributed by atoms with Crippen LogP contribution in [0.4, 0.5) is 4.79 Å². The molecule has 1 rings (SSSR count). The largest absolute Gasteiger partial charge is 0.464 e. The molecule has 0 aliphatic rings. The van der Waals surface area contributed by atoms with Crippen molar-refractivity contribution in [2.24, 2.45) is 0 Å². The third-order valence-corrected chi connectivity index (χ3v) is 2.01. The first-order valence-electron chi connectivity index (χ1n) is 3.64. The second-order valence-corrected chi connectivity index (χ2v) is 4.26. The van der Waals surface area contributed by atoms with E-state index in [4.69, 9.17) is 5.11 Å². The highest BCUT2D eigenvalue weighted by atomic mass is 32.2. The Morgan fingerprint density at radius 3 is 2.79 bits per heavy atom. The summed E-state index contributed by atoms with van der Waals surface area (Å²) in [4.78, 5) is 10.6. The summed E-state index contributed by atoms with van der Waals surface area (Å²) in [6.07, 6.45) is 1.03. The molecule has 1 N–H and O–H groups in total. The molecule has 0 aromatic carbocycles. The first kappa shape index (κ1) is 10.7. The van der Waals surface area contributed by atoms with Gasteiger partial charge in [-0.1, -0.05) is 0 Å². The number of rotatable bonds is 3. The highest BCUT2D eigenvalue weighted by Gasteiger charge is 2.09. The average Bonchev–Trinajstić information content (AvgIpc) is 2.46. The molecule has 1 heterocycles. The van der Waals surface area contributed by atoms with Gasteiger partial charge in [-0.25, -0.2) is 4.79 Å². The van der Waals surface area contributed by atoms with Crippen molar-refractivity contribution >= 4 is 16.2 Å². The van der Waals surface area contributed by atoms with E-state index in [9.17, 15) is 13.2 Å². The Morgan fingerprint density at radius 2 is 2.29 bits per heavy atom. The monoisotopic (exact) mass is 219 g/mol. The maximum atomic E-state index is 10.6. The zero-order chi connectivity index (χ0) is 10.8. The fourth-order valence-corrected chi connectivity index (χ4v) is 1.22. The van der Waals surface area contributed by atoms with Crippen LogP contribution >= 0.6 is 0 Å². The van der Waals surface area contributed by atoms with Gasteiger partial charge >= 0.3 is 6.09 Å². The molecule has 0 unspecified atom stereocenters. The van der Waals surface area contributed by atoms with Gasteiger partial charge in [-0.3, -0.25) is 8.75 Å². The first-order chi connectivity index (χ1) is 6.40. The van der Waals surface area contributed by atoms with Crippen LogP contribution in [0.2, 0.25) is 0 Å². The second-order valence-electron chi connectivity index (χ2n) is 2.62. The van der Waals surface area contributed by atoms with E-state index in [1.54, 1.807) is 0 Å². The van der Waals surface area contributed by atoms with E-state index >= 15 is 0 Å². The van der Waals surface area contributed by atoms with Gasteiger partial charge in [0.15, 0.2) is 0 Å². The number of hydrogen-bond acceptors (Lipinski definition) is 4. The van der Waals surface area contributed by atoms with Crippen LogP contribution in [0.25, 0.3) is 0 Å². The minimum atomic E-state index is -3.55. The zero-order valence-corrected chi connectivity index (χ0v) is 8.19. The molecule has 0 spiro atoms. The predicted molar refractivity (Wildman–Crippen MR) is 47.5 cm³/mol. The lowest BCUT2D eigenvalue weighted by Gasteiger charge is -2.03. The van der Waals surface area contributed by atoms with E-state index in [0.717, 1.165) is 10.8 Å². The lowest BCUT2D eigenvalue weighted by atomic mass is 10.5. The molecule has 0 aliphatic heterocycles. The highest BCUT2D eigenvalue weighted by molar-refractivity contribution is 7.85. The van der Waals surface area contributed by atoms with Crippen molar-refractivity contribution in [3.8, 4) is 0 Å². The molecular formula is C7H9NO5S. The van der Waals surface area contributed by atoms with Crippen LogP contribution < -0.4 is 0 Å². The molecule has 1 aromatic rings. The molecule has 1 aromatic heterocycles. The summed E-state index contributed by atoms with van der Waals surface area (Å²) in [5.74, 6) is 0. The standard InChI is InChI=1S/C7H9NO5S/c1-14(11,12)13-5-6-3-2-4-8(6)7(9)10/h2-4H,5H2,1H3,(H,9,10). The molecule has 6 nitrogen and oxygen atoms in total. The van der Waals surface area contributed by atoms with Crippen LogP contribution in [0.5, 0.6) is 0 Å². The third-order valence-electron chi connectivity index (χ3n) is 1.46. The summed E-state index contributed by atoms with van der Waals surface area (Å²) in [6.45, 7) is -0.280. The maximum absolute atomic E-state index is 10.6. The minimum Gasteiger partial charge on any atom is -0.464 e. The average molecular weight is 219 g/mol. The Balaban J connectivity index is 2.77. The molecular weight excluding hydrogens is 210 g/mol. The van der Waals surface area contributed by atoms with E-state index < -0.39 is 16.2 Å². The van der Waals surface area contributed by atoms with E-state index in [-0.39, 0.29) is 12.3 Å². The van der Waals surface area contributed by atoms with E-state index in [2.05, 4.69) is 4.18 Å². The van der Waals surface area contributed by atoms with Crippen LogP contribution in [-0.2, 0) is 20.9 Å². The quantitative estimate of drug-likeness (QED) is 0.748. The van der Waals surface area contributed by atoms with Crippen molar-refractivity contribution < 1.29 is 22.5 Å². The van der Waals surface area contributed by atoms with Gasteiger partial charge in [-0.2, -0.15) is 8.42 Å². The lowest BCUT2D eigenvalue weighted by molar-refractivity contribution is 0.193. The van der Waals surface area contributed by atoms with Crippen molar-refractivity contribution in [2.45, 2.75) is 6.61 Å². The fourth-order valence-electron chi connectivity index (χ4n) is 0.888. The van der Waals surface area contributed by atoms with Gasteiger partial charge < -0.3 is 5.11 Å². The summed E-state index contributed by atoms with van der Waals surface area (Å²) in [5, 5.41) is 8.64. The molecule has 0 saturated carbocycles. The molecule has 0 atom stereocenters. The normalized spacial score (nSPS) is 11.5.